The highest BCUT2D eigenvalue weighted by molar-refractivity contribution is 5.38. The highest BCUT2D eigenvalue weighted by Gasteiger charge is 2.19. The summed E-state index contributed by atoms with van der Waals surface area (Å²) < 4.78 is 10.9. The number of aliphatic hydroxyl groups excluding tert-OH is 1. The molecule has 1 fully saturated rings. The van der Waals surface area contributed by atoms with Gasteiger partial charge in [0.2, 0.25) is 0 Å². The molecule has 18 heavy (non-hydrogen) atoms. The maximum Gasteiger partial charge on any atom is 0.124 e. The van der Waals surface area contributed by atoms with Crippen LogP contribution in [-0.4, -0.2) is 24.9 Å². The van der Waals surface area contributed by atoms with Crippen LogP contribution in [0.3, 0.4) is 0 Å². The maximum atomic E-state index is 10.2. The maximum absolute atomic E-state index is 10.2. The lowest BCUT2D eigenvalue weighted by Gasteiger charge is -2.17. The number of benzene rings is 1. The van der Waals surface area contributed by atoms with Gasteiger partial charge in [-0.25, -0.2) is 0 Å². The fraction of sp³-hybridized carbons (Fsp3) is 0.600. The molecule has 2 rings (SSSR count). The van der Waals surface area contributed by atoms with E-state index in [1.54, 1.807) is 7.11 Å². The molecule has 0 radical (unpaired) electrons. The Hall–Kier alpha value is -1.06. The van der Waals surface area contributed by atoms with Gasteiger partial charge in [0.1, 0.15) is 5.75 Å². The quantitative estimate of drug-likeness (QED) is 0.873. The van der Waals surface area contributed by atoms with Crippen LogP contribution in [0, 0.1) is 6.92 Å². The molecule has 0 bridgehead atoms. The van der Waals surface area contributed by atoms with E-state index in [2.05, 4.69) is 0 Å². The topological polar surface area (TPSA) is 38.7 Å². The molecular weight excluding hydrogens is 228 g/mol. The molecule has 2 atom stereocenters. The summed E-state index contributed by atoms with van der Waals surface area (Å²) in [5.74, 6) is 0.773. The molecule has 0 aromatic heterocycles. The Morgan fingerprint density at radius 1 is 1.50 bits per heavy atom. The molecule has 1 aliphatic heterocycles. The van der Waals surface area contributed by atoms with E-state index in [0.29, 0.717) is 6.10 Å². The molecule has 0 spiro atoms. The molecule has 3 heteroatoms. The van der Waals surface area contributed by atoms with Gasteiger partial charge in [-0.3, -0.25) is 0 Å². The van der Waals surface area contributed by atoms with E-state index in [1.165, 1.54) is 0 Å². The Balaban J connectivity index is 1.96. The van der Waals surface area contributed by atoms with Crippen LogP contribution in [0.4, 0.5) is 0 Å². The number of methoxy groups -OCH3 is 1. The Kier molecular flexibility index (Phi) is 4.61. The van der Waals surface area contributed by atoms with Crippen LogP contribution in [0.2, 0.25) is 0 Å². The summed E-state index contributed by atoms with van der Waals surface area (Å²) in [6, 6.07) is 5.92. The summed E-state index contributed by atoms with van der Waals surface area (Å²) in [6.45, 7) is 2.89. The van der Waals surface area contributed by atoms with Crippen molar-refractivity contribution in [2.75, 3.05) is 13.7 Å². The number of aliphatic hydroxyl groups is 1. The second-order valence-corrected chi connectivity index (χ2v) is 4.97. The summed E-state index contributed by atoms with van der Waals surface area (Å²) in [6.07, 6.45) is 3.77. The third kappa shape index (κ3) is 3.24. The second kappa shape index (κ2) is 6.21. The minimum Gasteiger partial charge on any atom is -0.496 e. The van der Waals surface area contributed by atoms with Crippen molar-refractivity contribution in [1.29, 1.82) is 0 Å². The van der Waals surface area contributed by atoms with Crippen LogP contribution in [0.15, 0.2) is 18.2 Å². The van der Waals surface area contributed by atoms with Crippen molar-refractivity contribution >= 4 is 0 Å². The summed E-state index contributed by atoms with van der Waals surface area (Å²) in [5.41, 5.74) is 2.02. The van der Waals surface area contributed by atoms with E-state index in [4.69, 9.17) is 9.47 Å². The zero-order valence-corrected chi connectivity index (χ0v) is 11.2. The molecule has 100 valence electrons. The smallest absolute Gasteiger partial charge is 0.124 e. The number of hydrogen-bond acceptors (Lipinski definition) is 3. The fourth-order valence-electron chi connectivity index (χ4n) is 2.46. The molecule has 0 amide bonds. The van der Waals surface area contributed by atoms with Crippen LogP contribution in [0.25, 0.3) is 0 Å². The van der Waals surface area contributed by atoms with Gasteiger partial charge in [-0.05, 0) is 44.2 Å². The zero-order chi connectivity index (χ0) is 13.0. The van der Waals surface area contributed by atoms with Gasteiger partial charge in [-0.1, -0.05) is 12.1 Å². The molecule has 1 saturated heterocycles. The molecule has 1 aromatic carbocycles. The Morgan fingerprint density at radius 3 is 3.00 bits per heavy atom. The van der Waals surface area contributed by atoms with Crippen LogP contribution >= 0.6 is 0 Å². The highest BCUT2D eigenvalue weighted by atomic mass is 16.5. The van der Waals surface area contributed by atoms with Crippen LogP contribution in [0.5, 0.6) is 5.75 Å². The van der Waals surface area contributed by atoms with E-state index in [-0.39, 0.29) is 0 Å². The molecule has 0 saturated carbocycles. The van der Waals surface area contributed by atoms with Gasteiger partial charge < -0.3 is 14.6 Å². The van der Waals surface area contributed by atoms with Crippen molar-refractivity contribution in [2.24, 2.45) is 0 Å². The van der Waals surface area contributed by atoms with E-state index in [1.807, 2.05) is 25.1 Å². The normalized spacial score (nSPS) is 20.9. The first kappa shape index (κ1) is 13.4. The lowest BCUT2D eigenvalue weighted by molar-refractivity contribution is 0.0805. The van der Waals surface area contributed by atoms with Gasteiger partial charge in [0.05, 0.1) is 19.3 Å². The van der Waals surface area contributed by atoms with E-state index >= 15 is 0 Å². The van der Waals surface area contributed by atoms with Crippen molar-refractivity contribution in [1.82, 2.24) is 0 Å². The largest absolute Gasteiger partial charge is 0.496 e. The lowest BCUT2D eigenvalue weighted by Crippen LogP contribution is -2.08. The average Bonchev–Trinajstić information content (AvgIpc) is 2.88. The minimum atomic E-state index is -0.468. The van der Waals surface area contributed by atoms with Crippen molar-refractivity contribution < 1.29 is 14.6 Å². The summed E-state index contributed by atoms with van der Waals surface area (Å²) >= 11 is 0. The Morgan fingerprint density at radius 2 is 2.33 bits per heavy atom. The third-order valence-electron chi connectivity index (χ3n) is 3.53. The summed E-state index contributed by atoms with van der Waals surface area (Å²) in [4.78, 5) is 0. The first-order valence-corrected chi connectivity index (χ1v) is 6.65. The fourth-order valence-corrected chi connectivity index (χ4v) is 2.46. The zero-order valence-electron chi connectivity index (χ0n) is 11.2. The Labute approximate surface area is 109 Å². The number of ether oxygens (including phenoxy) is 2. The molecule has 1 aliphatic rings. The van der Waals surface area contributed by atoms with Gasteiger partial charge in [0.25, 0.3) is 0 Å². The molecule has 2 unspecified atom stereocenters. The first-order valence-electron chi connectivity index (χ1n) is 6.65. The minimum absolute atomic E-state index is 0.330. The van der Waals surface area contributed by atoms with Crippen LogP contribution in [0.1, 0.15) is 42.9 Å². The number of aryl methyl sites for hydroxylation is 1. The average molecular weight is 250 g/mol. The molecule has 1 aromatic rings. The van der Waals surface area contributed by atoms with Gasteiger partial charge >= 0.3 is 0 Å². The van der Waals surface area contributed by atoms with Crippen molar-refractivity contribution in [3.63, 3.8) is 0 Å². The molecule has 1 heterocycles. The predicted molar refractivity (Wildman–Crippen MR) is 70.9 cm³/mol. The third-order valence-corrected chi connectivity index (χ3v) is 3.53. The van der Waals surface area contributed by atoms with Gasteiger partial charge in [0.15, 0.2) is 0 Å². The number of rotatable bonds is 5. The van der Waals surface area contributed by atoms with Crippen molar-refractivity contribution in [3.05, 3.63) is 29.3 Å². The van der Waals surface area contributed by atoms with E-state index in [9.17, 15) is 5.11 Å². The second-order valence-electron chi connectivity index (χ2n) is 4.97. The molecule has 1 N–H and O–H groups in total. The van der Waals surface area contributed by atoms with Gasteiger partial charge in [-0.2, -0.15) is 0 Å². The predicted octanol–water partition coefficient (Wildman–Crippen LogP) is 3.00. The number of hydrogen-bond donors (Lipinski definition) is 1. The van der Waals surface area contributed by atoms with E-state index < -0.39 is 6.10 Å². The van der Waals surface area contributed by atoms with E-state index in [0.717, 1.165) is 49.2 Å². The summed E-state index contributed by atoms with van der Waals surface area (Å²) in [5, 5.41) is 10.2. The molecular formula is C15H22O3. The monoisotopic (exact) mass is 250 g/mol. The van der Waals surface area contributed by atoms with Crippen molar-refractivity contribution in [2.45, 2.75) is 44.8 Å². The molecule has 3 nitrogen and oxygen atoms in total. The summed E-state index contributed by atoms with van der Waals surface area (Å²) in [7, 11) is 1.64. The lowest BCUT2D eigenvalue weighted by atomic mass is 10.00. The standard InChI is InChI=1S/C15H22O3/c1-11-5-7-13(15(10-11)17-2)14(16)8-6-12-4-3-9-18-12/h5,7,10,12,14,16H,3-4,6,8-9H2,1-2H3. The van der Waals surface area contributed by atoms with Gasteiger partial charge in [-0.15, -0.1) is 0 Å². The molecule has 0 aliphatic carbocycles. The Bertz CT molecular complexity index is 383. The highest BCUT2D eigenvalue weighted by Crippen LogP contribution is 2.30. The van der Waals surface area contributed by atoms with Gasteiger partial charge in [0, 0.05) is 12.2 Å². The van der Waals surface area contributed by atoms with Crippen LogP contribution < -0.4 is 4.74 Å². The van der Waals surface area contributed by atoms with Crippen LogP contribution in [-0.2, 0) is 4.74 Å². The first-order chi connectivity index (χ1) is 8.70. The SMILES string of the molecule is COc1cc(C)ccc1C(O)CCC1CCCO1. The van der Waals surface area contributed by atoms with Crippen molar-refractivity contribution in [3.8, 4) is 5.75 Å².